The normalized spacial score (nSPS) is 12.7. The maximum absolute atomic E-state index is 5.44. The fourth-order valence-corrected chi connectivity index (χ4v) is 3.53. The van der Waals surface area contributed by atoms with Crippen LogP contribution in [0.2, 0.25) is 0 Å². The van der Waals surface area contributed by atoms with Gasteiger partial charge in [0.15, 0.2) is 17.3 Å². The average molecular weight is 352 g/mol. The summed E-state index contributed by atoms with van der Waals surface area (Å²) in [6.45, 7) is 0.242. The van der Waals surface area contributed by atoms with Gasteiger partial charge in [-0.15, -0.1) is 10.2 Å². The number of rotatable bonds is 3. The lowest BCUT2D eigenvalue weighted by atomic mass is 10.2. The number of hydrogen-bond donors (Lipinski definition) is 0. The van der Waals surface area contributed by atoms with Crippen molar-refractivity contribution in [2.45, 2.75) is 0 Å². The third-order valence-electron chi connectivity index (χ3n) is 3.96. The molecule has 124 valence electrons. The highest BCUT2D eigenvalue weighted by atomic mass is 32.1. The van der Waals surface area contributed by atoms with E-state index in [-0.39, 0.29) is 6.79 Å². The molecule has 0 saturated carbocycles. The second-order valence-corrected chi connectivity index (χ2v) is 6.38. The minimum Gasteiger partial charge on any atom is -0.497 e. The van der Waals surface area contributed by atoms with Gasteiger partial charge in [0.1, 0.15) is 10.8 Å². The maximum Gasteiger partial charge on any atom is 0.235 e. The minimum absolute atomic E-state index is 0.242. The Morgan fingerprint density at radius 3 is 2.64 bits per heavy atom. The van der Waals surface area contributed by atoms with Crippen molar-refractivity contribution >= 4 is 16.3 Å². The molecule has 4 aromatic rings. The van der Waals surface area contributed by atoms with E-state index in [2.05, 4.69) is 15.3 Å². The summed E-state index contributed by atoms with van der Waals surface area (Å²) in [7, 11) is 1.65. The van der Waals surface area contributed by atoms with Gasteiger partial charge >= 0.3 is 0 Å². The third-order valence-corrected chi connectivity index (χ3v) is 4.91. The molecule has 25 heavy (non-hydrogen) atoms. The maximum atomic E-state index is 5.44. The molecule has 0 unspecified atom stereocenters. The summed E-state index contributed by atoms with van der Waals surface area (Å²) >= 11 is 1.49. The first-order valence-electron chi connectivity index (χ1n) is 7.58. The van der Waals surface area contributed by atoms with Gasteiger partial charge in [0, 0.05) is 11.1 Å². The first-order valence-corrected chi connectivity index (χ1v) is 8.40. The van der Waals surface area contributed by atoms with E-state index in [0.29, 0.717) is 11.6 Å². The second kappa shape index (κ2) is 5.45. The van der Waals surface area contributed by atoms with Crippen LogP contribution in [0.25, 0.3) is 26.9 Å². The lowest BCUT2D eigenvalue weighted by Gasteiger charge is -2.01. The van der Waals surface area contributed by atoms with Crippen LogP contribution >= 0.6 is 11.3 Å². The Balaban J connectivity index is 1.57. The zero-order valence-corrected chi connectivity index (χ0v) is 14.0. The Labute approximate surface area is 146 Å². The largest absolute Gasteiger partial charge is 0.497 e. The third kappa shape index (κ3) is 2.30. The fraction of sp³-hybridized carbons (Fsp3) is 0.118. The van der Waals surface area contributed by atoms with Crippen LogP contribution in [-0.4, -0.2) is 33.7 Å². The SMILES string of the molecule is COc1ccc(-c2nn3c(-c4ccc5c(c4)OCO5)nnc3s2)cc1. The number of nitrogens with zero attached hydrogens (tertiary/aromatic N) is 4. The Kier molecular flexibility index (Phi) is 3.10. The number of methoxy groups -OCH3 is 1. The molecule has 0 aliphatic carbocycles. The number of benzene rings is 2. The highest BCUT2D eigenvalue weighted by Gasteiger charge is 2.18. The topological polar surface area (TPSA) is 70.8 Å². The van der Waals surface area contributed by atoms with Crippen molar-refractivity contribution in [1.82, 2.24) is 19.8 Å². The molecule has 3 heterocycles. The quantitative estimate of drug-likeness (QED) is 0.564. The van der Waals surface area contributed by atoms with Crippen molar-refractivity contribution in [1.29, 1.82) is 0 Å². The van der Waals surface area contributed by atoms with E-state index in [1.165, 1.54) is 11.3 Å². The van der Waals surface area contributed by atoms with Gasteiger partial charge in [-0.3, -0.25) is 0 Å². The molecule has 0 N–H and O–H groups in total. The molecule has 0 spiro atoms. The van der Waals surface area contributed by atoms with E-state index in [4.69, 9.17) is 14.2 Å². The van der Waals surface area contributed by atoms with Crippen LogP contribution in [0.15, 0.2) is 42.5 Å². The summed E-state index contributed by atoms with van der Waals surface area (Å²) in [4.78, 5) is 0.735. The van der Waals surface area contributed by atoms with Crippen LogP contribution in [0.3, 0.4) is 0 Å². The molecule has 0 saturated heterocycles. The van der Waals surface area contributed by atoms with Crippen LogP contribution in [0.4, 0.5) is 0 Å². The number of ether oxygens (including phenoxy) is 3. The van der Waals surface area contributed by atoms with Crippen LogP contribution in [-0.2, 0) is 0 Å². The van der Waals surface area contributed by atoms with Crippen molar-refractivity contribution in [3.05, 3.63) is 42.5 Å². The summed E-state index contributed by atoms with van der Waals surface area (Å²) in [5.41, 5.74) is 1.89. The van der Waals surface area contributed by atoms with Crippen molar-refractivity contribution in [2.24, 2.45) is 0 Å². The van der Waals surface area contributed by atoms with Crippen LogP contribution in [0, 0.1) is 0 Å². The van der Waals surface area contributed by atoms with Gasteiger partial charge in [-0.05, 0) is 42.5 Å². The summed E-state index contributed by atoms with van der Waals surface area (Å²) in [5.74, 6) is 2.93. The van der Waals surface area contributed by atoms with E-state index in [1.807, 2.05) is 42.5 Å². The summed E-state index contributed by atoms with van der Waals surface area (Å²) in [5, 5.41) is 14.0. The summed E-state index contributed by atoms with van der Waals surface area (Å²) < 4.78 is 17.7. The minimum atomic E-state index is 0.242. The molecule has 5 rings (SSSR count). The van der Waals surface area contributed by atoms with Crippen LogP contribution in [0.5, 0.6) is 17.2 Å². The summed E-state index contributed by atoms with van der Waals surface area (Å²) in [6.07, 6.45) is 0. The monoisotopic (exact) mass is 352 g/mol. The van der Waals surface area contributed by atoms with Gasteiger partial charge in [0.2, 0.25) is 11.8 Å². The molecule has 8 heteroatoms. The predicted molar refractivity (Wildman–Crippen MR) is 92.2 cm³/mol. The van der Waals surface area contributed by atoms with E-state index < -0.39 is 0 Å². The lowest BCUT2D eigenvalue weighted by Crippen LogP contribution is -1.93. The predicted octanol–water partition coefficient (Wildman–Crippen LogP) is 3.26. The number of aromatic nitrogens is 4. The van der Waals surface area contributed by atoms with Gasteiger partial charge in [-0.1, -0.05) is 11.3 Å². The van der Waals surface area contributed by atoms with E-state index >= 15 is 0 Å². The molecular formula is C17H12N4O3S. The lowest BCUT2D eigenvalue weighted by molar-refractivity contribution is 0.174. The molecule has 2 aromatic heterocycles. The molecule has 0 radical (unpaired) electrons. The molecular weight excluding hydrogens is 340 g/mol. The van der Waals surface area contributed by atoms with E-state index in [0.717, 1.165) is 32.6 Å². The van der Waals surface area contributed by atoms with Crippen LogP contribution < -0.4 is 14.2 Å². The zero-order valence-electron chi connectivity index (χ0n) is 13.2. The van der Waals surface area contributed by atoms with E-state index in [1.54, 1.807) is 11.6 Å². The average Bonchev–Trinajstić information content (AvgIpc) is 3.36. The van der Waals surface area contributed by atoms with Crippen molar-refractivity contribution in [2.75, 3.05) is 13.9 Å². The van der Waals surface area contributed by atoms with Gasteiger partial charge in [-0.2, -0.15) is 9.61 Å². The zero-order chi connectivity index (χ0) is 16.8. The van der Waals surface area contributed by atoms with Gasteiger partial charge < -0.3 is 14.2 Å². The smallest absolute Gasteiger partial charge is 0.235 e. The molecule has 0 bridgehead atoms. The Morgan fingerprint density at radius 1 is 1.00 bits per heavy atom. The van der Waals surface area contributed by atoms with Crippen molar-refractivity contribution < 1.29 is 14.2 Å². The Bertz CT molecular complexity index is 1070. The standard InChI is InChI=1S/C17H12N4O3S/c1-22-12-5-2-10(3-6-12)16-20-21-15(18-19-17(21)25-16)11-4-7-13-14(8-11)24-9-23-13/h2-8H,9H2,1H3. The van der Waals surface area contributed by atoms with E-state index in [9.17, 15) is 0 Å². The van der Waals surface area contributed by atoms with Crippen molar-refractivity contribution in [3.63, 3.8) is 0 Å². The number of hydrogen-bond acceptors (Lipinski definition) is 7. The van der Waals surface area contributed by atoms with Gasteiger partial charge in [0.05, 0.1) is 7.11 Å². The van der Waals surface area contributed by atoms with Gasteiger partial charge in [-0.25, -0.2) is 0 Å². The molecule has 0 amide bonds. The van der Waals surface area contributed by atoms with Gasteiger partial charge in [0.25, 0.3) is 0 Å². The molecule has 2 aromatic carbocycles. The first kappa shape index (κ1) is 14.2. The molecule has 1 aliphatic rings. The molecule has 7 nitrogen and oxygen atoms in total. The highest BCUT2D eigenvalue weighted by Crippen LogP contribution is 2.36. The molecule has 0 atom stereocenters. The van der Waals surface area contributed by atoms with Crippen LogP contribution in [0.1, 0.15) is 0 Å². The molecule has 1 aliphatic heterocycles. The number of fused-ring (bicyclic) bond motifs is 2. The summed E-state index contributed by atoms with van der Waals surface area (Å²) in [6, 6.07) is 13.5. The fourth-order valence-electron chi connectivity index (χ4n) is 2.68. The van der Waals surface area contributed by atoms with Crippen molar-refractivity contribution in [3.8, 4) is 39.2 Å². The highest BCUT2D eigenvalue weighted by molar-refractivity contribution is 7.19. The first-order chi connectivity index (χ1) is 12.3. The Hall–Kier alpha value is -3.13. The second-order valence-electron chi connectivity index (χ2n) is 5.42. The Morgan fingerprint density at radius 2 is 1.80 bits per heavy atom. The molecule has 0 fully saturated rings.